The molecule has 20 heavy (non-hydrogen) atoms. The predicted molar refractivity (Wildman–Crippen MR) is 72.1 cm³/mol. The van der Waals surface area contributed by atoms with Crippen molar-refractivity contribution in [2.24, 2.45) is 0 Å². The highest BCUT2D eigenvalue weighted by atomic mass is 32.2. The van der Waals surface area contributed by atoms with Crippen molar-refractivity contribution in [1.82, 2.24) is 4.31 Å². The minimum Gasteiger partial charge on any atom is -0.358 e. The maximum Gasteiger partial charge on any atom is 0.245 e. The summed E-state index contributed by atoms with van der Waals surface area (Å²) in [4.78, 5) is 0.134. The first kappa shape index (κ1) is 14.0. The Bertz CT molecular complexity index is 579. The van der Waals surface area contributed by atoms with E-state index in [1.165, 1.54) is 28.6 Å². The molecule has 0 radical (unpaired) electrons. The molecular weight excluding hydrogens is 281 g/mol. The standard InChI is InChI=1S/C14H18FNO3S/c15-12-4-6-13(7-5-12)20(17,18)16-10-11-19-14(16)8-2-1-3-9-14/h4-7H,1-3,8-11H2. The maximum absolute atomic E-state index is 13.0. The van der Waals surface area contributed by atoms with E-state index < -0.39 is 21.6 Å². The van der Waals surface area contributed by atoms with E-state index in [9.17, 15) is 12.8 Å². The second kappa shape index (κ2) is 5.09. The fourth-order valence-corrected chi connectivity index (χ4v) is 4.89. The molecule has 0 amide bonds. The lowest BCUT2D eigenvalue weighted by Crippen LogP contribution is -2.49. The van der Waals surface area contributed by atoms with Gasteiger partial charge in [-0.2, -0.15) is 4.31 Å². The maximum atomic E-state index is 13.0. The van der Waals surface area contributed by atoms with Gasteiger partial charge in [-0.05, 0) is 49.9 Å². The van der Waals surface area contributed by atoms with E-state index in [1.807, 2.05) is 0 Å². The van der Waals surface area contributed by atoms with E-state index in [4.69, 9.17) is 4.74 Å². The van der Waals surface area contributed by atoms with Crippen molar-refractivity contribution in [1.29, 1.82) is 0 Å². The Morgan fingerprint density at radius 2 is 1.75 bits per heavy atom. The lowest BCUT2D eigenvalue weighted by Gasteiger charge is -2.39. The highest BCUT2D eigenvalue weighted by Gasteiger charge is 2.49. The average Bonchev–Trinajstić information content (AvgIpc) is 2.84. The fraction of sp³-hybridized carbons (Fsp3) is 0.571. The third kappa shape index (κ3) is 2.25. The first-order chi connectivity index (χ1) is 9.55. The molecule has 0 aromatic heterocycles. The molecule has 6 heteroatoms. The van der Waals surface area contributed by atoms with E-state index in [0.29, 0.717) is 13.2 Å². The molecule has 1 aromatic rings. The number of nitrogens with zero attached hydrogens (tertiary/aromatic N) is 1. The summed E-state index contributed by atoms with van der Waals surface area (Å²) in [5.74, 6) is -0.436. The van der Waals surface area contributed by atoms with E-state index in [-0.39, 0.29) is 4.90 Å². The van der Waals surface area contributed by atoms with Crippen LogP contribution in [-0.2, 0) is 14.8 Å². The number of rotatable bonds is 2. The highest BCUT2D eigenvalue weighted by molar-refractivity contribution is 7.89. The largest absolute Gasteiger partial charge is 0.358 e. The number of hydrogen-bond donors (Lipinski definition) is 0. The van der Waals surface area contributed by atoms with Gasteiger partial charge in [0, 0.05) is 6.54 Å². The van der Waals surface area contributed by atoms with Crippen LogP contribution in [0.5, 0.6) is 0 Å². The summed E-state index contributed by atoms with van der Waals surface area (Å²) in [6.07, 6.45) is 4.57. The van der Waals surface area contributed by atoms with Crippen LogP contribution in [0.15, 0.2) is 29.2 Å². The Morgan fingerprint density at radius 3 is 2.40 bits per heavy atom. The van der Waals surface area contributed by atoms with Crippen LogP contribution < -0.4 is 0 Å². The molecule has 1 aromatic carbocycles. The predicted octanol–water partition coefficient (Wildman–Crippen LogP) is 2.51. The lowest BCUT2D eigenvalue weighted by molar-refractivity contribution is -0.0755. The zero-order valence-corrected chi connectivity index (χ0v) is 12.0. The molecule has 2 fully saturated rings. The molecule has 1 aliphatic carbocycles. The van der Waals surface area contributed by atoms with Crippen molar-refractivity contribution in [3.63, 3.8) is 0 Å². The summed E-state index contributed by atoms with van der Waals surface area (Å²) < 4.78 is 45.7. The zero-order valence-electron chi connectivity index (χ0n) is 11.2. The van der Waals surface area contributed by atoms with Gasteiger partial charge in [0.1, 0.15) is 11.5 Å². The van der Waals surface area contributed by atoms with E-state index in [2.05, 4.69) is 0 Å². The summed E-state index contributed by atoms with van der Waals surface area (Å²) >= 11 is 0. The molecule has 1 saturated heterocycles. The number of sulfonamides is 1. The van der Waals surface area contributed by atoms with Gasteiger partial charge in [-0.25, -0.2) is 12.8 Å². The molecule has 2 aliphatic rings. The van der Waals surface area contributed by atoms with Crippen LogP contribution in [0.4, 0.5) is 4.39 Å². The van der Waals surface area contributed by atoms with Crippen LogP contribution in [0.25, 0.3) is 0 Å². The van der Waals surface area contributed by atoms with Gasteiger partial charge in [0.2, 0.25) is 10.0 Å². The van der Waals surface area contributed by atoms with Crippen LogP contribution in [0.3, 0.4) is 0 Å². The van der Waals surface area contributed by atoms with Crippen LogP contribution >= 0.6 is 0 Å². The summed E-state index contributed by atoms with van der Waals surface area (Å²) in [7, 11) is -3.62. The Hall–Kier alpha value is -0.980. The molecule has 0 atom stereocenters. The van der Waals surface area contributed by atoms with Crippen LogP contribution in [-0.4, -0.2) is 31.6 Å². The topological polar surface area (TPSA) is 46.6 Å². The highest BCUT2D eigenvalue weighted by Crippen LogP contribution is 2.41. The minimum absolute atomic E-state index is 0.134. The molecule has 1 spiro atoms. The Balaban J connectivity index is 1.95. The molecule has 1 heterocycles. The first-order valence-corrected chi connectivity index (χ1v) is 8.41. The summed E-state index contributed by atoms with van der Waals surface area (Å²) in [6.45, 7) is 0.806. The molecule has 3 rings (SSSR count). The Labute approximate surface area is 118 Å². The van der Waals surface area contributed by atoms with Crippen LogP contribution in [0, 0.1) is 5.82 Å². The normalized spacial score (nSPS) is 23.2. The van der Waals surface area contributed by atoms with Gasteiger partial charge < -0.3 is 4.74 Å². The molecule has 1 saturated carbocycles. The van der Waals surface area contributed by atoms with Crippen molar-refractivity contribution < 1.29 is 17.5 Å². The van der Waals surface area contributed by atoms with Crippen LogP contribution in [0.1, 0.15) is 32.1 Å². The van der Waals surface area contributed by atoms with E-state index >= 15 is 0 Å². The SMILES string of the molecule is O=S(=O)(c1ccc(F)cc1)N1CCOC12CCCCC2. The number of ether oxygens (including phenoxy) is 1. The molecule has 4 nitrogen and oxygen atoms in total. The van der Waals surface area contributed by atoms with Gasteiger partial charge in [0.05, 0.1) is 11.5 Å². The molecular formula is C14H18FNO3S. The van der Waals surface area contributed by atoms with Gasteiger partial charge >= 0.3 is 0 Å². The van der Waals surface area contributed by atoms with Gasteiger partial charge in [-0.1, -0.05) is 6.42 Å². The first-order valence-electron chi connectivity index (χ1n) is 6.97. The minimum atomic E-state index is -3.62. The van der Waals surface area contributed by atoms with Gasteiger partial charge in [0.15, 0.2) is 0 Å². The number of halogens is 1. The van der Waals surface area contributed by atoms with Crippen molar-refractivity contribution in [3.8, 4) is 0 Å². The summed E-state index contributed by atoms with van der Waals surface area (Å²) in [5.41, 5.74) is -0.675. The van der Waals surface area contributed by atoms with E-state index in [0.717, 1.165) is 32.1 Å². The quantitative estimate of drug-likeness (QED) is 0.843. The van der Waals surface area contributed by atoms with Crippen molar-refractivity contribution in [2.45, 2.75) is 42.7 Å². The van der Waals surface area contributed by atoms with Gasteiger partial charge in [0.25, 0.3) is 0 Å². The summed E-state index contributed by atoms with van der Waals surface area (Å²) in [5, 5.41) is 0. The third-order valence-corrected chi connectivity index (χ3v) is 6.12. The zero-order chi connectivity index (χ0) is 14.2. The number of benzene rings is 1. The smallest absolute Gasteiger partial charge is 0.245 e. The molecule has 0 N–H and O–H groups in total. The second-order valence-corrected chi connectivity index (χ2v) is 7.25. The Morgan fingerprint density at radius 1 is 1.10 bits per heavy atom. The van der Waals surface area contributed by atoms with Crippen molar-refractivity contribution in [2.75, 3.05) is 13.2 Å². The molecule has 0 bridgehead atoms. The Kier molecular flexibility index (Phi) is 3.56. The number of hydrogen-bond acceptors (Lipinski definition) is 3. The molecule has 0 unspecified atom stereocenters. The monoisotopic (exact) mass is 299 g/mol. The fourth-order valence-electron chi connectivity index (χ4n) is 3.17. The van der Waals surface area contributed by atoms with Gasteiger partial charge in [-0.15, -0.1) is 0 Å². The average molecular weight is 299 g/mol. The molecule has 110 valence electrons. The molecule has 1 aliphatic heterocycles. The van der Waals surface area contributed by atoms with E-state index in [1.54, 1.807) is 0 Å². The van der Waals surface area contributed by atoms with Crippen LogP contribution in [0.2, 0.25) is 0 Å². The lowest BCUT2D eigenvalue weighted by atomic mass is 9.92. The van der Waals surface area contributed by atoms with Gasteiger partial charge in [-0.3, -0.25) is 0 Å². The third-order valence-electron chi connectivity index (χ3n) is 4.16. The second-order valence-electron chi connectivity index (χ2n) is 5.39. The van der Waals surface area contributed by atoms with Crippen molar-refractivity contribution >= 4 is 10.0 Å². The van der Waals surface area contributed by atoms with Crippen molar-refractivity contribution in [3.05, 3.63) is 30.1 Å². The summed E-state index contributed by atoms with van der Waals surface area (Å²) in [6, 6.07) is 4.99.